The number of fused-ring (bicyclic) bond motifs is 1. The van der Waals surface area contributed by atoms with E-state index >= 15 is 0 Å². The number of carbonyl (C=O) groups is 1. The predicted molar refractivity (Wildman–Crippen MR) is 84.9 cm³/mol. The van der Waals surface area contributed by atoms with E-state index in [-0.39, 0.29) is 16.7 Å². The minimum Gasteiger partial charge on any atom is -0.351 e. The van der Waals surface area contributed by atoms with Crippen LogP contribution in [-0.2, 0) is 17.8 Å². The van der Waals surface area contributed by atoms with Crippen molar-refractivity contribution in [2.45, 2.75) is 40.2 Å². The Hall–Kier alpha value is -1.35. The number of nitrogens with one attached hydrogen (secondary N) is 1. The van der Waals surface area contributed by atoms with Gasteiger partial charge in [0, 0.05) is 19.6 Å². The number of amides is 1. The van der Waals surface area contributed by atoms with E-state index in [0.29, 0.717) is 6.54 Å². The van der Waals surface area contributed by atoms with Crippen molar-refractivity contribution in [2.75, 3.05) is 19.6 Å². The fraction of sp³-hybridized carbons (Fsp3) is 0.611. The van der Waals surface area contributed by atoms with Gasteiger partial charge in [-0.3, -0.25) is 4.79 Å². The number of hydrogen-bond acceptors (Lipinski definition) is 2. The van der Waals surface area contributed by atoms with Crippen LogP contribution in [0.4, 0.5) is 0 Å². The zero-order chi connectivity index (χ0) is 15.1. The van der Waals surface area contributed by atoms with E-state index in [2.05, 4.69) is 55.3 Å². The Bertz CT molecular complexity index is 546. The first-order chi connectivity index (χ1) is 9.88. The van der Waals surface area contributed by atoms with Crippen molar-refractivity contribution >= 4 is 5.91 Å². The molecule has 0 bridgehead atoms. The van der Waals surface area contributed by atoms with Gasteiger partial charge in [0.2, 0.25) is 5.91 Å². The second kappa shape index (κ2) is 5.13. The van der Waals surface area contributed by atoms with Gasteiger partial charge < -0.3 is 10.2 Å². The Morgan fingerprint density at radius 3 is 2.67 bits per heavy atom. The molecule has 21 heavy (non-hydrogen) atoms. The highest BCUT2D eigenvalue weighted by Crippen LogP contribution is 2.38. The second-order valence-electron chi connectivity index (χ2n) is 7.93. The summed E-state index contributed by atoms with van der Waals surface area (Å²) >= 11 is 0. The molecule has 1 aromatic carbocycles. The third-order valence-electron chi connectivity index (χ3n) is 4.70. The first-order valence-electron chi connectivity index (χ1n) is 7.96. The second-order valence-corrected chi connectivity index (χ2v) is 7.93. The first-order valence-corrected chi connectivity index (χ1v) is 7.96. The van der Waals surface area contributed by atoms with Gasteiger partial charge in [-0.1, -0.05) is 45.0 Å². The summed E-state index contributed by atoms with van der Waals surface area (Å²) in [5.41, 5.74) is 2.67. The highest BCUT2D eigenvalue weighted by molar-refractivity contribution is 5.84. The van der Waals surface area contributed by atoms with Crippen molar-refractivity contribution < 1.29 is 4.79 Å². The molecule has 1 spiro atoms. The van der Waals surface area contributed by atoms with Crippen LogP contribution < -0.4 is 5.32 Å². The molecule has 0 aliphatic carbocycles. The molecule has 0 aromatic heterocycles. The summed E-state index contributed by atoms with van der Waals surface area (Å²) in [4.78, 5) is 15.1. The highest BCUT2D eigenvalue weighted by Gasteiger charge is 2.46. The standard InChI is InChI=1S/C18H26N2O/c1-17(2,3)12-20-9-8-18(13-20)10-14-6-4-5-7-15(14)11-19-16(18)21/h4-7H,8-13H2,1-3H3,(H,19,21). The van der Waals surface area contributed by atoms with Crippen molar-refractivity contribution in [3.8, 4) is 0 Å². The molecular weight excluding hydrogens is 260 g/mol. The fourth-order valence-corrected chi connectivity index (χ4v) is 3.80. The third-order valence-corrected chi connectivity index (χ3v) is 4.70. The lowest BCUT2D eigenvalue weighted by Gasteiger charge is -2.29. The van der Waals surface area contributed by atoms with Crippen molar-refractivity contribution in [3.63, 3.8) is 0 Å². The molecule has 3 nitrogen and oxygen atoms in total. The highest BCUT2D eigenvalue weighted by atomic mass is 16.2. The SMILES string of the molecule is CC(C)(C)CN1CCC2(Cc3ccccc3CNC2=O)C1. The molecular formula is C18H26N2O. The Labute approximate surface area is 127 Å². The molecule has 1 unspecified atom stereocenters. The van der Waals surface area contributed by atoms with Gasteiger partial charge in [0.25, 0.3) is 0 Å². The normalized spacial score (nSPS) is 26.5. The molecule has 2 aliphatic heterocycles. The van der Waals surface area contributed by atoms with Gasteiger partial charge >= 0.3 is 0 Å². The Balaban J connectivity index is 1.83. The van der Waals surface area contributed by atoms with Crippen LogP contribution >= 0.6 is 0 Å². The predicted octanol–water partition coefficient (Wildman–Crippen LogP) is 2.60. The van der Waals surface area contributed by atoms with Gasteiger partial charge in [0.05, 0.1) is 5.41 Å². The van der Waals surface area contributed by atoms with Crippen LogP contribution in [0, 0.1) is 10.8 Å². The Morgan fingerprint density at radius 2 is 1.95 bits per heavy atom. The number of nitrogens with zero attached hydrogens (tertiary/aromatic N) is 1. The van der Waals surface area contributed by atoms with Crippen LogP contribution in [0.5, 0.6) is 0 Å². The van der Waals surface area contributed by atoms with Crippen molar-refractivity contribution in [3.05, 3.63) is 35.4 Å². The maximum Gasteiger partial charge on any atom is 0.228 e. The quantitative estimate of drug-likeness (QED) is 0.860. The third kappa shape index (κ3) is 2.98. The molecule has 3 rings (SSSR count). The van der Waals surface area contributed by atoms with Gasteiger partial charge in [-0.05, 0) is 35.9 Å². The molecule has 0 saturated carbocycles. The number of likely N-dealkylation sites (tertiary alicyclic amines) is 1. The largest absolute Gasteiger partial charge is 0.351 e. The van der Waals surface area contributed by atoms with E-state index in [1.807, 2.05) is 0 Å². The number of rotatable bonds is 1. The summed E-state index contributed by atoms with van der Waals surface area (Å²) in [5, 5.41) is 3.15. The molecule has 1 saturated heterocycles. The van der Waals surface area contributed by atoms with Crippen molar-refractivity contribution in [1.82, 2.24) is 10.2 Å². The topological polar surface area (TPSA) is 32.3 Å². The maximum atomic E-state index is 12.7. The van der Waals surface area contributed by atoms with Crippen LogP contribution in [0.1, 0.15) is 38.3 Å². The van der Waals surface area contributed by atoms with Crippen LogP contribution in [0.3, 0.4) is 0 Å². The van der Waals surface area contributed by atoms with Crippen molar-refractivity contribution in [1.29, 1.82) is 0 Å². The monoisotopic (exact) mass is 286 g/mol. The van der Waals surface area contributed by atoms with E-state index in [1.165, 1.54) is 11.1 Å². The number of benzene rings is 1. The minimum absolute atomic E-state index is 0.224. The van der Waals surface area contributed by atoms with E-state index in [0.717, 1.165) is 32.5 Å². The van der Waals surface area contributed by atoms with Crippen LogP contribution in [-0.4, -0.2) is 30.4 Å². The average molecular weight is 286 g/mol. The van der Waals surface area contributed by atoms with Gasteiger partial charge in [-0.25, -0.2) is 0 Å². The fourth-order valence-electron chi connectivity index (χ4n) is 3.80. The lowest BCUT2D eigenvalue weighted by atomic mass is 9.80. The zero-order valence-electron chi connectivity index (χ0n) is 13.4. The first kappa shape index (κ1) is 14.6. The van der Waals surface area contributed by atoms with Crippen LogP contribution in [0.25, 0.3) is 0 Å². The molecule has 1 fully saturated rings. The van der Waals surface area contributed by atoms with E-state index in [4.69, 9.17) is 0 Å². The molecule has 0 radical (unpaired) electrons. The van der Waals surface area contributed by atoms with E-state index in [9.17, 15) is 4.79 Å². The van der Waals surface area contributed by atoms with Gasteiger partial charge in [-0.2, -0.15) is 0 Å². The Morgan fingerprint density at radius 1 is 1.24 bits per heavy atom. The lowest BCUT2D eigenvalue weighted by molar-refractivity contribution is -0.130. The summed E-state index contributed by atoms with van der Waals surface area (Å²) in [5.74, 6) is 0.245. The molecule has 2 heterocycles. The molecule has 2 aliphatic rings. The van der Waals surface area contributed by atoms with Crippen molar-refractivity contribution in [2.24, 2.45) is 10.8 Å². The van der Waals surface area contributed by atoms with E-state index in [1.54, 1.807) is 0 Å². The molecule has 1 N–H and O–H groups in total. The number of carbonyl (C=O) groups excluding carboxylic acids is 1. The molecule has 114 valence electrons. The summed E-state index contributed by atoms with van der Waals surface area (Å²) in [6.07, 6.45) is 1.86. The van der Waals surface area contributed by atoms with Crippen LogP contribution in [0.15, 0.2) is 24.3 Å². The molecule has 3 heteroatoms. The van der Waals surface area contributed by atoms with Gasteiger partial charge in [-0.15, -0.1) is 0 Å². The average Bonchev–Trinajstić information content (AvgIpc) is 2.73. The summed E-state index contributed by atoms with van der Waals surface area (Å²) < 4.78 is 0. The number of hydrogen-bond donors (Lipinski definition) is 1. The zero-order valence-corrected chi connectivity index (χ0v) is 13.4. The summed E-state index contributed by atoms with van der Waals surface area (Å²) in [6, 6.07) is 8.47. The lowest BCUT2D eigenvalue weighted by Crippen LogP contribution is -2.43. The van der Waals surface area contributed by atoms with Gasteiger partial charge in [0.15, 0.2) is 0 Å². The summed E-state index contributed by atoms with van der Waals surface area (Å²) in [7, 11) is 0. The smallest absolute Gasteiger partial charge is 0.228 e. The minimum atomic E-state index is -0.224. The maximum absolute atomic E-state index is 12.7. The molecule has 1 aromatic rings. The van der Waals surface area contributed by atoms with E-state index < -0.39 is 0 Å². The van der Waals surface area contributed by atoms with Crippen LogP contribution in [0.2, 0.25) is 0 Å². The Kier molecular flexibility index (Phi) is 3.56. The molecule has 1 atom stereocenters. The van der Waals surface area contributed by atoms with Gasteiger partial charge in [0.1, 0.15) is 0 Å². The summed E-state index contributed by atoms with van der Waals surface area (Å²) in [6.45, 7) is 10.5. The molecule has 1 amide bonds.